The van der Waals surface area contributed by atoms with E-state index in [2.05, 4.69) is 20.6 Å². The molecule has 2 aromatic carbocycles. The SMILES string of the molecule is CNc1nc(Cc2ccc(NC(=O)c3ccc(C(F)(F)F)cc3)cc2)ncc1CC(=O)O. The molecule has 3 rings (SSSR count). The topological polar surface area (TPSA) is 104 Å². The van der Waals surface area contributed by atoms with E-state index in [9.17, 15) is 22.8 Å². The summed E-state index contributed by atoms with van der Waals surface area (Å²) in [6, 6.07) is 10.8. The fraction of sp³-hybridized carbons (Fsp3) is 0.182. The number of nitrogens with zero attached hydrogens (tertiary/aromatic N) is 2. The van der Waals surface area contributed by atoms with Crippen LogP contribution in [0.5, 0.6) is 0 Å². The van der Waals surface area contributed by atoms with Gasteiger partial charge in [-0.05, 0) is 42.0 Å². The summed E-state index contributed by atoms with van der Waals surface area (Å²) in [7, 11) is 1.64. The van der Waals surface area contributed by atoms with Gasteiger partial charge >= 0.3 is 12.1 Å². The first-order valence-corrected chi connectivity index (χ1v) is 9.47. The van der Waals surface area contributed by atoms with Gasteiger partial charge in [-0.3, -0.25) is 9.59 Å². The maximum absolute atomic E-state index is 12.6. The molecule has 0 bridgehead atoms. The van der Waals surface area contributed by atoms with Crippen LogP contribution in [-0.2, 0) is 23.8 Å². The Kier molecular flexibility index (Phi) is 6.72. The average molecular weight is 444 g/mol. The van der Waals surface area contributed by atoms with Crippen molar-refractivity contribution in [2.75, 3.05) is 17.7 Å². The van der Waals surface area contributed by atoms with Gasteiger partial charge in [0.25, 0.3) is 5.91 Å². The van der Waals surface area contributed by atoms with Crippen LogP contribution < -0.4 is 10.6 Å². The number of carbonyl (C=O) groups is 2. The molecule has 0 radical (unpaired) electrons. The van der Waals surface area contributed by atoms with Gasteiger partial charge in [-0.15, -0.1) is 0 Å². The van der Waals surface area contributed by atoms with Gasteiger partial charge in [0.1, 0.15) is 11.6 Å². The van der Waals surface area contributed by atoms with E-state index in [1.165, 1.54) is 6.20 Å². The quantitative estimate of drug-likeness (QED) is 0.509. The van der Waals surface area contributed by atoms with Crippen molar-refractivity contribution < 1.29 is 27.9 Å². The molecule has 166 valence electrons. The monoisotopic (exact) mass is 444 g/mol. The number of carboxylic acids is 1. The molecule has 0 aliphatic rings. The molecule has 0 saturated carbocycles. The Morgan fingerprint density at radius 2 is 1.69 bits per heavy atom. The van der Waals surface area contributed by atoms with Crippen LogP contribution in [-0.4, -0.2) is 34.0 Å². The highest BCUT2D eigenvalue weighted by atomic mass is 19.4. The van der Waals surface area contributed by atoms with Crippen molar-refractivity contribution in [2.45, 2.75) is 19.0 Å². The normalized spacial score (nSPS) is 11.1. The smallest absolute Gasteiger partial charge is 0.416 e. The number of nitrogens with one attached hydrogen (secondary N) is 2. The molecular formula is C22H19F3N4O3. The minimum atomic E-state index is -4.46. The fourth-order valence-corrected chi connectivity index (χ4v) is 2.94. The minimum absolute atomic E-state index is 0.108. The predicted molar refractivity (Wildman–Crippen MR) is 112 cm³/mol. The molecule has 1 heterocycles. The van der Waals surface area contributed by atoms with Crippen LogP contribution >= 0.6 is 0 Å². The lowest BCUT2D eigenvalue weighted by atomic mass is 10.1. The van der Waals surface area contributed by atoms with Gasteiger partial charge < -0.3 is 15.7 Å². The standard InChI is InChI=1S/C22H19F3N4O3/c1-26-20-15(11-19(30)31)12-27-18(29-20)10-13-2-8-17(9-3-13)28-21(32)14-4-6-16(7-5-14)22(23,24)25/h2-9,12H,10-11H2,1H3,(H,28,32)(H,30,31)(H,26,27,29). The molecule has 0 aliphatic carbocycles. The number of carbonyl (C=O) groups excluding carboxylic acids is 1. The molecule has 0 spiro atoms. The number of rotatable bonds is 7. The minimum Gasteiger partial charge on any atom is -0.481 e. The molecule has 0 unspecified atom stereocenters. The molecule has 1 amide bonds. The number of benzene rings is 2. The Morgan fingerprint density at radius 3 is 2.25 bits per heavy atom. The zero-order chi connectivity index (χ0) is 23.3. The summed E-state index contributed by atoms with van der Waals surface area (Å²) in [4.78, 5) is 31.7. The summed E-state index contributed by atoms with van der Waals surface area (Å²) < 4.78 is 37.9. The van der Waals surface area contributed by atoms with E-state index in [0.717, 1.165) is 29.8 Å². The molecular weight excluding hydrogens is 425 g/mol. The lowest BCUT2D eigenvalue weighted by molar-refractivity contribution is -0.138. The van der Waals surface area contributed by atoms with E-state index < -0.39 is 23.6 Å². The van der Waals surface area contributed by atoms with Gasteiger partial charge in [-0.1, -0.05) is 12.1 Å². The summed E-state index contributed by atoms with van der Waals surface area (Å²) in [5.74, 6) is -0.572. The molecule has 10 heteroatoms. The number of amides is 1. The Morgan fingerprint density at radius 1 is 1.03 bits per heavy atom. The second-order valence-electron chi connectivity index (χ2n) is 6.88. The maximum atomic E-state index is 12.6. The molecule has 32 heavy (non-hydrogen) atoms. The van der Waals surface area contributed by atoms with Crippen molar-refractivity contribution in [3.63, 3.8) is 0 Å². The Balaban J connectivity index is 1.65. The number of halogens is 3. The molecule has 3 aromatic rings. The van der Waals surface area contributed by atoms with Gasteiger partial charge in [-0.25, -0.2) is 9.97 Å². The molecule has 0 atom stereocenters. The third-order valence-electron chi connectivity index (χ3n) is 4.54. The summed E-state index contributed by atoms with van der Waals surface area (Å²) in [5, 5.41) is 14.4. The number of hydrogen-bond donors (Lipinski definition) is 3. The number of anilines is 2. The van der Waals surface area contributed by atoms with Crippen molar-refractivity contribution in [1.82, 2.24) is 9.97 Å². The van der Waals surface area contributed by atoms with E-state index in [1.54, 1.807) is 31.3 Å². The molecule has 1 aromatic heterocycles. The fourth-order valence-electron chi connectivity index (χ4n) is 2.94. The largest absolute Gasteiger partial charge is 0.481 e. The van der Waals surface area contributed by atoms with Crippen molar-refractivity contribution in [2.24, 2.45) is 0 Å². The number of aliphatic carboxylic acids is 1. The molecule has 3 N–H and O–H groups in total. The number of hydrogen-bond acceptors (Lipinski definition) is 5. The van der Waals surface area contributed by atoms with Gasteiger partial charge in [0.05, 0.1) is 12.0 Å². The summed E-state index contributed by atoms with van der Waals surface area (Å²) in [6.45, 7) is 0. The van der Waals surface area contributed by atoms with Crippen molar-refractivity contribution in [1.29, 1.82) is 0 Å². The number of alkyl halides is 3. The average Bonchev–Trinajstić information content (AvgIpc) is 2.75. The first-order chi connectivity index (χ1) is 15.2. The van der Waals surface area contributed by atoms with Gasteiger partial charge in [0, 0.05) is 36.5 Å². The molecule has 7 nitrogen and oxygen atoms in total. The van der Waals surface area contributed by atoms with Crippen LogP contribution in [0.4, 0.5) is 24.7 Å². The first-order valence-electron chi connectivity index (χ1n) is 9.47. The van der Waals surface area contributed by atoms with Gasteiger partial charge in [0.15, 0.2) is 0 Å². The highest BCUT2D eigenvalue weighted by molar-refractivity contribution is 6.04. The summed E-state index contributed by atoms with van der Waals surface area (Å²) >= 11 is 0. The second-order valence-corrected chi connectivity index (χ2v) is 6.88. The summed E-state index contributed by atoms with van der Waals surface area (Å²) in [6.07, 6.45) is -2.79. The second kappa shape index (κ2) is 9.46. The van der Waals surface area contributed by atoms with Crippen LogP contribution in [0.15, 0.2) is 54.7 Å². The van der Waals surface area contributed by atoms with Crippen molar-refractivity contribution in [3.8, 4) is 0 Å². The van der Waals surface area contributed by atoms with E-state index in [1.807, 2.05) is 0 Å². The maximum Gasteiger partial charge on any atom is 0.416 e. The van der Waals surface area contributed by atoms with E-state index in [0.29, 0.717) is 29.3 Å². The first kappa shape index (κ1) is 22.7. The lowest BCUT2D eigenvalue weighted by Crippen LogP contribution is -2.13. The third-order valence-corrected chi connectivity index (χ3v) is 4.54. The van der Waals surface area contributed by atoms with E-state index in [-0.39, 0.29) is 12.0 Å². The van der Waals surface area contributed by atoms with Crippen molar-refractivity contribution in [3.05, 3.63) is 82.8 Å². The van der Waals surface area contributed by atoms with E-state index in [4.69, 9.17) is 5.11 Å². The third kappa shape index (κ3) is 5.81. The molecule has 0 saturated heterocycles. The van der Waals surface area contributed by atoms with Gasteiger partial charge in [0.2, 0.25) is 0 Å². The van der Waals surface area contributed by atoms with Gasteiger partial charge in [-0.2, -0.15) is 13.2 Å². The Hall–Kier alpha value is -3.95. The molecule has 0 fully saturated rings. The summed E-state index contributed by atoms with van der Waals surface area (Å²) in [5.41, 5.74) is 1.09. The van der Waals surface area contributed by atoms with Crippen LogP contribution in [0, 0.1) is 0 Å². The highest BCUT2D eigenvalue weighted by Crippen LogP contribution is 2.29. The van der Waals surface area contributed by atoms with Crippen LogP contribution in [0.1, 0.15) is 32.9 Å². The number of aromatic nitrogens is 2. The van der Waals surface area contributed by atoms with Crippen LogP contribution in [0.2, 0.25) is 0 Å². The number of carboxylic acid groups (broad SMARTS) is 1. The predicted octanol–water partition coefficient (Wildman–Crippen LogP) is 4.01. The molecule has 0 aliphatic heterocycles. The Bertz CT molecular complexity index is 1110. The zero-order valence-electron chi connectivity index (χ0n) is 16.9. The highest BCUT2D eigenvalue weighted by Gasteiger charge is 2.30. The van der Waals surface area contributed by atoms with Crippen molar-refractivity contribution >= 4 is 23.4 Å². The van der Waals surface area contributed by atoms with Crippen LogP contribution in [0.3, 0.4) is 0 Å². The van der Waals surface area contributed by atoms with E-state index >= 15 is 0 Å². The van der Waals surface area contributed by atoms with Crippen LogP contribution in [0.25, 0.3) is 0 Å². The Labute approximate surface area is 181 Å². The zero-order valence-corrected chi connectivity index (χ0v) is 16.9. The lowest BCUT2D eigenvalue weighted by Gasteiger charge is -2.10.